The molecule has 3 aromatic rings. The normalized spacial score (nSPS) is 13.2. The smallest absolute Gasteiger partial charge is 0.229 e. The predicted octanol–water partition coefficient (Wildman–Crippen LogP) is 4.09. The molecule has 6 nitrogen and oxygen atoms in total. The van der Waals surface area contributed by atoms with Crippen LogP contribution in [0.25, 0.3) is 11.1 Å². The molecule has 1 fully saturated rings. The van der Waals surface area contributed by atoms with Gasteiger partial charge >= 0.3 is 0 Å². The molecule has 142 valence electrons. The number of carbonyl (C=O) groups is 2. The zero-order chi connectivity index (χ0) is 19.5. The van der Waals surface area contributed by atoms with Crippen LogP contribution in [0.4, 0.5) is 11.5 Å². The lowest BCUT2D eigenvalue weighted by molar-refractivity contribution is -0.116. The van der Waals surface area contributed by atoms with Gasteiger partial charge in [-0.05, 0) is 41.7 Å². The fourth-order valence-electron chi connectivity index (χ4n) is 3.17. The number of rotatable bonds is 6. The molecule has 0 saturated heterocycles. The van der Waals surface area contributed by atoms with Crippen molar-refractivity contribution < 1.29 is 9.59 Å². The summed E-state index contributed by atoms with van der Waals surface area (Å²) in [5.41, 5.74) is 4.82. The quantitative estimate of drug-likeness (QED) is 0.607. The highest BCUT2D eigenvalue weighted by atomic mass is 16.2. The average Bonchev–Trinajstić information content (AvgIpc) is 3.42. The van der Waals surface area contributed by atoms with Crippen molar-refractivity contribution in [1.29, 1.82) is 0 Å². The Kier molecular flexibility index (Phi) is 4.93. The molecular formula is C22H22N4O2. The fraction of sp³-hybridized carbons (Fsp3) is 0.227. The minimum absolute atomic E-state index is 0.0887. The minimum atomic E-state index is -0.0975. The van der Waals surface area contributed by atoms with E-state index in [0.717, 1.165) is 28.1 Å². The summed E-state index contributed by atoms with van der Waals surface area (Å²) in [6, 6.07) is 17.4. The van der Waals surface area contributed by atoms with Crippen LogP contribution in [0.15, 0.2) is 54.6 Å². The summed E-state index contributed by atoms with van der Waals surface area (Å²) in [5, 5.41) is 12.8. The number of nitrogens with one attached hydrogen (secondary N) is 3. The summed E-state index contributed by atoms with van der Waals surface area (Å²) in [6.07, 6.45) is 2.67. The second-order valence-electron chi connectivity index (χ2n) is 7.17. The van der Waals surface area contributed by atoms with Gasteiger partial charge in [0.15, 0.2) is 5.82 Å². The van der Waals surface area contributed by atoms with E-state index < -0.39 is 0 Å². The minimum Gasteiger partial charge on any atom is -0.326 e. The van der Waals surface area contributed by atoms with Crippen molar-refractivity contribution in [3.05, 3.63) is 65.9 Å². The third kappa shape index (κ3) is 4.46. The van der Waals surface area contributed by atoms with Crippen LogP contribution in [0.3, 0.4) is 0 Å². The van der Waals surface area contributed by atoms with Crippen molar-refractivity contribution in [2.45, 2.75) is 32.1 Å². The van der Waals surface area contributed by atoms with E-state index in [4.69, 9.17) is 0 Å². The molecule has 1 aliphatic carbocycles. The number of amides is 2. The summed E-state index contributed by atoms with van der Waals surface area (Å²) < 4.78 is 0. The second-order valence-corrected chi connectivity index (χ2v) is 7.17. The van der Waals surface area contributed by atoms with E-state index in [-0.39, 0.29) is 18.2 Å². The Bertz CT molecular complexity index is 1000. The number of aromatic nitrogens is 2. The van der Waals surface area contributed by atoms with Crippen molar-refractivity contribution in [1.82, 2.24) is 10.2 Å². The number of H-pyrrole nitrogens is 1. The first-order valence-electron chi connectivity index (χ1n) is 9.39. The molecule has 1 saturated carbocycles. The van der Waals surface area contributed by atoms with Gasteiger partial charge in [0.2, 0.25) is 11.8 Å². The van der Waals surface area contributed by atoms with Crippen molar-refractivity contribution >= 4 is 23.3 Å². The Morgan fingerprint density at radius 3 is 2.54 bits per heavy atom. The molecule has 2 aromatic carbocycles. The molecule has 0 atom stereocenters. The molecule has 1 heterocycles. The first-order valence-corrected chi connectivity index (χ1v) is 9.39. The molecule has 6 heteroatoms. The zero-order valence-electron chi connectivity index (χ0n) is 15.7. The van der Waals surface area contributed by atoms with E-state index in [1.165, 1.54) is 19.8 Å². The topological polar surface area (TPSA) is 86.9 Å². The molecule has 0 bridgehead atoms. The number of carbonyl (C=O) groups excluding carboxylic acids is 2. The summed E-state index contributed by atoms with van der Waals surface area (Å²) in [4.78, 5) is 23.5. The standard InChI is InChI=1S/C22H22N4O2/c1-14(27)23-19-4-2-3-18(12-19)16-7-5-15(6-8-16)11-22(28)24-21-13-20(25-26-21)17-9-10-17/h2-8,12-13,17H,9-11H2,1H3,(H,23,27)(H2,24,25,26,28). The average molecular weight is 374 g/mol. The monoisotopic (exact) mass is 374 g/mol. The Balaban J connectivity index is 1.38. The first-order chi connectivity index (χ1) is 13.6. The van der Waals surface area contributed by atoms with Gasteiger partial charge < -0.3 is 10.6 Å². The van der Waals surface area contributed by atoms with Gasteiger partial charge in [0.25, 0.3) is 0 Å². The van der Waals surface area contributed by atoms with Crippen molar-refractivity contribution in [2.75, 3.05) is 10.6 Å². The van der Waals surface area contributed by atoms with Gasteiger partial charge in [-0.2, -0.15) is 5.10 Å². The number of hydrogen-bond donors (Lipinski definition) is 3. The largest absolute Gasteiger partial charge is 0.326 e. The van der Waals surface area contributed by atoms with Crippen LogP contribution in [0.2, 0.25) is 0 Å². The molecule has 0 radical (unpaired) electrons. The van der Waals surface area contributed by atoms with Crippen LogP contribution in [0.5, 0.6) is 0 Å². The Morgan fingerprint density at radius 2 is 1.82 bits per heavy atom. The third-order valence-electron chi connectivity index (χ3n) is 4.72. The van der Waals surface area contributed by atoms with Gasteiger partial charge in [0.1, 0.15) is 0 Å². The molecule has 0 spiro atoms. The van der Waals surface area contributed by atoms with Crippen molar-refractivity contribution in [3.8, 4) is 11.1 Å². The number of anilines is 2. The van der Waals surface area contributed by atoms with E-state index >= 15 is 0 Å². The predicted molar refractivity (Wildman–Crippen MR) is 109 cm³/mol. The van der Waals surface area contributed by atoms with Gasteiger partial charge in [0, 0.05) is 30.3 Å². The number of hydrogen-bond acceptors (Lipinski definition) is 3. The van der Waals surface area contributed by atoms with E-state index in [1.54, 1.807) is 0 Å². The Morgan fingerprint density at radius 1 is 1.04 bits per heavy atom. The summed E-state index contributed by atoms with van der Waals surface area (Å²) in [7, 11) is 0. The van der Waals surface area contributed by atoms with E-state index in [0.29, 0.717) is 11.7 Å². The molecule has 1 aromatic heterocycles. The van der Waals surface area contributed by atoms with Gasteiger partial charge in [0.05, 0.1) is 6.42 Å². The van der Waals surface area contributed by atoms with Gasteiger partial charge in [-0.3, -0.25) is 14.7 Å². The maximum atomic E-state index is 12.3. The molecule has 4 rings (SSSR count). The van der Waals surface area contributed by atoms with Crippen molar-refractivity contribution in [3.63, 3.8) is 0 Å². The van der Waals surface area contributed by atoms with E-state index in [2.05, 4.69) is 20.8 Å². The Hall–Kier alpha value is -3.41. The summed E-state index contributed by atoms with van der Waals surface area (Å²) >= 11 is 0. The summed E-state index contributed by atoms with van der Waals surface area (Å²) in [6.45, 7) is 1.49. The molecule has 3 N–H and O–H groups in total. The first kappa shape index (κ1) is 18.0. The van der Waals surface area contributed by atoms with Crippen LogP contribution < -0.4 is 10.6 Å². The molecule has 1 aliphatic rings. The maximum Gasteiger partial charge on any atom is 0.229 e. The van der Waals surface area contributed by atoms with Gasteiger partial charge in [-0.1, -0.05) is 36.4 Å². The van der Waals surface area contributed by atoms with Crippen LogP contribution in [0, 0.1) is 0 Å². The lowest BCUT2D eigenvalue weighted by Gasteiger charge is -2.07. The molecule has 0 unspecified atom stereocenters. The molecule has 2 amide bonds. The van der Waals surface area contributed by atoms with Gasteiger partial charge in [-0.25, -0.2) is 0 Å². The highest BCUT2D eigenvalue weighted by Crippen LogP contribution is 2.39. The lowest BCUT2D eigenvalue weighted by Crippen LogP contribution is -2.14. The molecular weight excluding hydrogens is 352 g/mol. The number of benzene rings is 2. The molecule has 28 heavy (non-hydrogen) atoms. The molecule has 0 aliphatic heterocycles. The number of nitrogens with zero attached hydrogens (tertiary/aromatic N) is 1. The van der Waals surface area contributed by atoms with E-state index in [9.17, 15) is 9.59 Å². The lowest BCUT2D eigenvalue weighted by atomic mass is 10.0. The van der Waals surface area contributed by atoms with Crippen LogP contribution in [-0.2, 0) is 16.0 Å². The highest BCUT2D eigenvalue weighted by molar-refractivity contribution is 5.91. The fourth-order valence-corrected chi connectivity index (χ4v) is 3.17. The SMILES string of the molecule is CC(=O)Nc1cccc(-c2ccc(CC(=O)Nc3cc(C4CC4)[nH]n3)cc2)c1. The Labute approximate surface area is 163 Å². The highest BCUT2D eigenvalue weighted by Gasteiger charge is 2.25. The van der Waals surface area contributed by atoms with E-state index in [1.807, 2.05) is 54.6 Å². The van der Waals surface area contributed by atoms with Crippen LogP contribution in [-0.4, -0.2) is 22.0 Å². The maximum absolute atomic E-state index is 12.3. The van der Waals surface area contributed by atoms with Crippen LogP contribution >= 0.6 is 0 Å². The van der Waals surface area contributed by atoms with Gasteiger partial charge in [-0.15, -0.1) is 0 Å². The summed E-state index contributed by atoms with van der Waals surface area (Å²) in [5.74, 6) is 0.974. The zero-order valence-corrected chi connectivity index (χ0v) is 15.7. The van der Waals surface area contributed by atoms with Crippen LogP contribution in [0.1, 0.15) is 36.9 Å². The number of aromatic amines is 1. The second kappa shape index (κ2) is 7.68. The van der Waals surface area contributed by atoms with Crippen molar-refractivity contribution in [2.24, 2.45) is 0 Å². The third-order valence-corrected chi connectivity index (χ3v) is 4.72.